The van der Waals surface area contributed by atoms with Crippen molar-refractivity contribution in [3.8, 4) is 0 Å². The zero-order chi connectivity index (χ0) is 22.4. The molecular weight excluding hydrogens is 419 g/mol. The summed E-state index contributed by atoms with van der Waals surface area (Å²) in [4.78, 5) is 18.8. The standard InChI is InChI=1S/C22H29FN4O3S/c1-3-26(4-2)21-10-9-17(15-24-21)16-25-22(28)18-11-13-27(14-12-18)31(29,30)20-8-6-5-7-19(20)23/h5-10,15,18H,3-4,11-14,16H2,1-2H3,(H,25,28). The maximum atomic E-state index is 13.9. The third kappa shape index (κ3) is 5.40. The number of benzene rings is 1. The van der Waals surface area contributed by atoms with Crippen molar-refractivity contribution < 1.29 is 17.6 Å². The van der Waals surface area contributed by atoms with Crippen molar-refractivity contribution in [3.05, 3.63) is 54.0 Å². The van der Waals surface area contributed by atoms with E-state index in [1.54, 1.807) is 6.20 Å². The maximum Gasteiger partial charge on any atom is 0.245 e. The van der Waals surface area contributed by atoms with Crippen molar-refractivity contribution in [2.45, 2.75) is 38.1 Å². The van der Waals surface area contributed by atoms with Crippen LogP contribution in [0.2, 0.25) is 0 Å². The van der Waals surface area contributed by atoms with Gasteiger partial charge in [-0.3, -0.25) is 4.79 Å². The van der Waals surface area contributed by atoms with Gasteiger partial charge < -0.3 is 10.2 Å². The summed E-state index contributed by atoms with van der Waals surface area (Å²) in [5.74, 6) is -0.225. The fraction of sp³-hybridized carbons (Fsp3) is 0.455. The number of carbonyl (C=O) groups is 1. The summed E-state index contributed by atoms with van der Waals surface area (Å²) in [7, 11) is -3.90. The van der Waals surface area contributed by atoms with Gasteiger partial charge in [-0.15, -0.1) is 0 Å². The van der Waals surface area contributed by atoms with E-state index in [4.69, 9.17) is 0 Å². The van der Waals surface area contributed by atoms with Crippen LogP contribution in [0, 0.1) is 11.7 Å². The summed E-state index contributed by atoms with van der Waals surface area (Å²) >= 11 is 0. The monoisotopic (exact) mass is 448 g/mol. The molecule has 0 radical (unpaired) electrons. The molecule has 0 unspecified atom stereocenters. The highest BCUT2D eigenvalue weighted by Gasteiger charge is 2.33. The molecule has 1 aromatic carbocycles. The smallest absolute Gasteiger partial charge is 0.245 e. The minimum absolute atomic E-state index is 0.101. The van der Waals surface area contributed by atoms with Gasteiger partial charge in [-0.2, -0.15) is 4.31 Å². The molecule has 1 amide bonds. The van der Waals surface area contributed by atoms with Gasteiger partial charge in [0, 0.05) is 44.8 Å². The number of nitrogens with zero attached hydrogens (tertiary/aromatic N) is 3. The molecule has 0 saturated carbocycles. The highest BCUT2D eigenvalue weighted by atomic mass is 32.2. The van der Waals surface area contributed by atoms with Gasteiger partial charge in [0.15, 0.2) is 0 Å². The topological polar surface area (TPSA) is 82.6 Å². The quantitative estimate of drug-likeness (QED) is 0.672. The van der Waals surface area contributed by atoms with Gasteiger partial charge in [0.25, 0.3) is 0 Å². The number of pyridine rings is 1. The number of rotatable bonds is 8. The maximum absolute atomic E-state index is 13.9. The molecule has 1 aliphatic heterocycles. The summed E-state index contributed by atoms with van der Waals surface area (Å²) in [5.41, 5.74) is 0.906. The number of nitrogens with one attached hydrogen (secondary N) is 1. The Labute approximate surface area is 183 Å². The first-order valence-electron chi connectivity index (χ1n) is 10.6. The zero-order valence-corrected chi connectivity index (χ0v) is 18.7. The van der Waals surface area contributed by atoms with Crippen LogP contribution < -0.4 is 10.2 Å². The Morgan fingerprint density at radius 2 is 1.84 bits per heavy atom. The number of anilines is 1. The van der Waals surface area contributed by atoms with Crippen LogP contribution in [0.15, 0.2) is 47.5 Å². The first-order chi connectivity index (χ1) is 14.9. The van der Waals surface area contributed by atoms with E-state index >= 15 is 0 Å². The summed E-state index contributed by atoms with van der Waals surface area (Å²) in [6, 6.07) is 9.25. The van der Waals surface area contributed by atoms with E-state index < -0.39 is 15.8 Å². The van der Waals surface area contributed by atoms with Crippen molar-refractivity contribution in [3.63, 3.8) is 0 Å². The predicted molar refractivity (Wildman–Crippen MR) is 118 cm³/mol. The van der Waals surface area contributed by atoms with Crippen LogP contribution in [0.3, 0.4) is 0 Å². The summed E-state index contributed by atoms with van der Waals surface area (Å²) in [6.45, 7) is 6.66. The third-order valence-electron chi connectivity index (χ3n) is 5.64. The molecule has 3 rings (SSSR count). The number of piperidine rings is 1. The second-order valence-corrected chi connectivity index (χ2v) is 9.43. The lowest BCUT2D eigenvalue weighted by Gasteiger charge is -2.30. The van der Waals surface area contributed by atoms with Gasteiger partial charge in [-0.05, 0) is 50.5 Å². The first-order valence-corrected chi connectivity index (χ1v) is 12.0. The van der Waals surface area contributed by atoms with Crippen molar-refractivity contribution >= 4 is 21.7 Å². The Morgan fingerprint density at radius 3 is 2.42 bits per heavy atom. The van der Waals surface area contributed by atoms with Crippen LogP contribution in [-0.2, 0) is 21.4 Å². The van der Waals surface area contributed by atoms with E-state index in [0.29, 0.717) is 19.4 Å². The van der Waals surface area contributed by atoms with Gasteiger partial charge >= 0.3 is 0 Å². The molecule has 9 heteroatoms. The number of halogens is 1. The zero-order valence-electron chi connectivity index (χ0n) is 17.9. The average molecular weight is 449 g/mol. The Kier molecular flexibility index (Phi) is 7.61. The van der Waals surface area contributed by atoms with Crippen molar-refractivity contribution in [1.82, 2.24) is 14.6 Å². The Morgan fingerprint density at radius 1 is 1.16 bits per heavy atom. The fourth-order valence-electron chi connectivity index (χ4n) is 3.74. The average Bonchev–Trinajstić information content (AvgIpc) is 2.79. The number of aromatic nitrogens is 1. The van der Waals surface area contributed by atoms with Crippen LogP contribution in [-0.4, -0.2) is 49.8 Å². The number of hydrogen-bond acceptors (Lipinski definition) is 5. The van der Waals surface area contributed by atoms with E-state index in [1.807, 2.05) is 12.1 Å². The first kappa shape index (κ1) is 23.1. The summed E-state index contributed by atoms with van der Waals surface area (Å²) in [5, 5.41) is 2.92. The van der Waals surface area contributed by atoms with E-state index in [-0.39, 0.29) is 29.8 Å². The van der Waals surface area contributed by atoms with Crippen LogP contribution in [0.4, 0.5) is 10.2 Å². The van der Waals surface area contributed by atoms with E-state index in [1.165, 1.54) is 22.5 Å². The van der Waals surface area contributed by atoms with E-state index in [0.717, 1.165) is 30.5 Å². The molecule has 2 aromatic rings. The molecule has 7 nitrogen and oxygen atoms in total. The highest BCUT2D eigenvalue weighted by Crippen LogP contribution is 2.25. The highest BCUT2D eigenvalue weighted by molar-refractivity contribution is 7.89. The largest absolute Gasteiger partial charge is 0.357 e. The minimum Gasteiger partial charge on any atom is -0.357 e. The minimum atomic E-state index is -3.90. The predicted octanol–water partition coefficient (Wildman–Crippen LogP) is 2.78. The molecule has 0 spiro atoms. The van der Waals surface area contributed by atoms with E-state index in [9.17, 15) is 17.6 Å². The molecule has 1 saturated heterocycles. The van der Waals surface area contributed by atoms with Crippen LogP contribution in [0.5, 0.6) is 0 Å². The van der Waals surface area contributed by atoms with Crippen molar-refractivity contribution in [2.75, 3.05) is 31.1 Å². The molecule has 1 N–H and O–H groups in total. The molecule has 1 fully saturated rings. The number of hydrogen-bond donors (Lipinski definition) is 1. The third-order valence-corrected chi connectivity index (χ3v) is 7.57. The second-order valence-electron chi connectivity index (χ2n) is 7.52. The lowest BCUT2D eigenvalue weighted by Crippen LogP contribution is -2.43. The molecular formula is C22H29FN4O3S. The SMILES string of the molecule is CCN(CC)c1ccc(CNC(=O)C2CCN(S(=O)(=O)c3ccccc3F)CC2)cn1. The number of amides is 1. The van der Waals surface area contributed by atoms with Gasteiger partial charge in [0.2, 0.25) is 15.9 Å². The second kappa shape index (κ2) is 10.2. The number of sulfonamides is 1. The lowest BCUT2D eigenvalue weighted by molar-refractivity contribution is -0.126. The van der Waals surface area contributed by atoms with Gasteiger partial charge in [0.1, 0.15) is 16.5 Å². The molecule has 168 valence electrons. The van der Waals surface area contributed by atoms with Crippen LogP contribution in [0.25, 0.3) is 0 Å². The molecule has 0 bridgehead atoms. The molecule has 1 aromatic heterocycles. The summed E-state index contributed by atoms with van der Waals surface area (Å²) < 4.78 is 40.6. The van der Waals surface area contributed by atoms with Gasteiger partial charge in [-0.25, -0.2) is 17.8 Å². The van der Waals surface area contributed by atoms with E-state index in [2.05, 4.69) is 29.0 Å². The van der Waals surface area contributed by atoms with Crippen molar-refractivity contribution in [1.29, 1.82) is 0 Å². The van der Waals surface area contributed by atoms with Crippen LogP contribution in [0.1, 0.15) is 32.3 Å². The Balaban J connectivity index is 1.52. The Bertz CT molecular complexity index is 986. The normalized spacial score (nSPS) is 15.6. The molecule has 1 aliphatic rings. The molecule has 31 heavy (non-hydrogen) atoms. The molecule has 0 atom stereocenters. The molecule has 2 heterocycles. The van der Waals surface area contributed by atoms with Crippen molar-refractivity contribution in [2.24, 2.45) is 5.92 Å². The van der Waals surface area contributed by atoms with Gasteiger partial charge in [-0.1, -0.05) is 18.2 Å². The lowest BCUT2D eigenvalue weighted by atomic mass is 9.97. The van der Waals surface area contributed by atoms with Gasteiger partial charge in [0.05, 0.1) is 0 Å². The summed E-state index contributed by atoms with van der Waals surface area (Å²) in [6.07, 6.45) is 2.56. The Hall–Kier alpha value is -2.52. The number of carbonyl (C=O) groups excluding carboxylic acids is 1. The molecule has 0 aliphatic carbocycles. The fourth-order valence-corrected chi connectivity index (χ4v) is 5.28. The van der Waals surface area contributed by atoms with Crippen LogP contribution >= 0.6 is 0 Å².